The first-order valence-corrected chi connectivity index (χ1v) is 7.50. The summed E-state index contributed by atoms with van der Waals surface area (Å²) in [6.07, 6.45) is 5.89. The molecule has 0 bridgehead atoms. The molecule has 21 heavy (non-hydrogen) atoms. The van der Waals surface area contributed by atoms with Crippen molar-refractivity contribution >= 4 is 11.7 Å². The molecule has 0 saturated heterocycles. The van der Waals surface area contributed by atoms with E-state index >= 15 is 0 Å². The Morgan fingerprint density at radius 1 is 1.33 bits per heavy atom. The average Bonchev–Trinajstić information content (AvgIpc) is 2.47. The Balaban J connectivity index is 2.07. The van der Waals surface area contributed by atoms with Gasteiger partial charge in [0.1, 0.15) is 0 Å². The zero-order chi connectivity index (χ0) is 15.2. The van der Waals surface area contributed by atoms with Crippen molar-refractivity contribution in [3.63, 3.8) is 0 Å². The number of benzene rings is 1. The van der Waals surface area contributed by atoms with Crippen LogP contribution in [-0.2, 0) is 4.74 Å². The van der Waals surface area contributed by atoms with Gasteiger partial charge in [0.05, 0.1) is 18.8 Å². The highest BCUT2D eigenvalue weighted by Gasteiger charge is 2.18. The van der Waals surface area contributed by atoms with Gasteiger partial charge in [-0.3, -0.25) is 0 Å². The summed E-state index contributed by atoms with van der Waals surface area (Å²) in [6, 6.07) is 2.45. The molecule has 0 heterocycles. The van der Waals surface area contributed by atoms with Crippen molar-refractivity contribution in [2.75, 3.05) is 18.9 Å². The molecule has 0 spiro atoms. The van der Waals surface area contributed by atoms with E-state index in [9.17, 15) is 9.18 Å². The van der Waals surface area contributed by atoms with Crippen LogP contribution in [0.5, 0.6) is 5.75 Å². The first-order chi connectivity index (χ1) is 10.1. The molecule has 2 N–H and O–H groups in total. The van der Waals surface area contributed by atoms with Gasteiger partial charge in [0.15, 0.2) is 11.6 Å². The molecule has 0 unspecified atom stereocenters. The number of halogens is 1. The van der Waals surface area contributed by atoms with Crippen LogP contribution < -0.4 is 10.5 Å². The average molecular weight is 295 g/mol. The molecule has 1 aromatic rings. The number of anilines is 1. The highest BCUT2D eigenvalue weighted by Crippen LogP contribution is 2.28. The number of hydrogen-bond donors (Lipinski definition) is 1. The SMILES string of the molecule is CCOC(=O)c1cc(OCC2CCCCC2)c(F)cc1N. The Morgan fingerprint density at radius 3 is 2.71 bits per heavy atom. The fourth-order valence-corrected chi connectivity index (χ4v) is 2.63. The predicted octanol–water partition coefficient (Wildman–Crippen LogP) is 3.54. The number of rotatable bonds is 5. The lowest BCUT2D eigenvalue weighted by atomic mass is 9.90. The van der Waals surface area contributed by atoms with Gasteiger partial charge >= 0.3 is 5.97 Å². The topological polar surface area (TPSA) is 61.5 Å². The Bertz CT molecular complexity index is 499. The van der Waals surface area contributed by atoms with Crippen LogP contribution in [0.2, 0.25) is 0 Å². The van der Waals surface area contributed by atoms with Crippen molar-refractivity contribution in [2.45, 2.75) is 39.0 Å². The minimum absolute atomic E-state index is 0.0657. The first kappa shape index (κ1) is 15.6. The van der Waals surface area contributed by atoms with Crippen LogP contribution >= 0.6 is 0 Å². The molecule has 5 heteroatoms. The molecule has 1 aliphatic carbocycles. The van der Waals surface area contributed by atoms with Crippen LogP contribution in [0.15, 0.2) is 12.1 Å². The van der Waals surface area contributed by atoms with Crippen molar-refractivity contribution < 1.29 is 18.7 Å². The standard InChI is InChI=1S/C16H22FNO3/c1-2-20-16(19)12-8-15(13(17)9-14(12)18)21-10-11-6-4-3-5-7-11/h8-9,11H,2-7,10,18H2,1H3. The maximum Gasteiger partial charge on any atom is 0.340 e. The molecule has 2 rings (SSSR count). The smallest absolute Gasteiger partial charge is 0.340 e. The second-order valence-corrected chi connectivity index (χ2v) is 5.41. The van der Waals surface area contributed by atoms with E-state index in [0.717, 1.165) is 18.9 Å². The highest BCUT2D eigenvalue weighted by molar-refractivity contribution is 5.95. The summed E-state index contributed by atoms with van der Waals surface area (Å²) < 4.78 is 24.3. The second-order valence-electron chi connectivity index (χ2n) is 5.41. The molecule has 0 atom stereocenters. The van der Waals surface area contributed by atoms with E-state index in [1.807, 2.05) is 0 Å². The fourth-order valence-electron chi connectivity index (χ4n) is 2.63. The third-order valence-electron chi connectivity index (χ3n) is 3.80. The molecule has 116 valence electrons. The van der Waals surface area contributed by atoms with E-state index in [2.05, 4.69) is 0 Å². The van der Waals surface area contributed by atoms with Crippen LogP contribution in [0, 0.1) is 11.7 Å². The Morgan fingerprint density at radius 2 is 2.05 bits per heavy atom. The third kappa shape index (κ3) is 4.09. The molecule has 0 radical (unpaired) electrons. The van der Waals surface area contributed by atoms with Gasteiger partial charge in [0, 0.05) is 11.8 Å². The normalized spacial score (nSPS) is 15.7. The van der Waals surface area contributed by atoms with E-state index in [4.69, 9.17) is 15.2 Å². The molecule has 0 amide bonds. The quantitative estimate of drug-likeness (QED) is 0.666. The molecule has 1 aliphatic rings. The molecular formula is C16H22FNO3. The van der Waals surface area contributed by atoms with E-state index in [1.165, 1.54) is 25.3 Å². The Kier molecular flexibility index (Phi) is 5.42. The molecule has 0 aromatic heterocycles. The summed E-state index contributed by atoms with van der Waals surface area (Å²) in [7, 11) is 0. The van der Waals surface area contributed by atoms with Gasteiger partial charge in [-0.15, -0.1) is 0 Å². The lowest BCUT2D eigenvalue weighted by Crippen LogP contribution is -2.16. The van der Waals surface area contributed by atoms with Crippen molar-refractivity contribution in [1.29, 1.82) is 0 Å². The summed E-state index contributed by atoms with van der Waals surface area (Å²) in [5, 5.41) is 0. The van der Waals surface area contributed by atoms with Gasteiger partial charge in [0.25, 0.3) is 0 Å². The van der Waals surface area contributed by atoms with Gasteiger partial charge in [-0.1, -0.05) is 19.3 Å². The van der Waals surface area contributed by atoms with Crippen LogP contribution in [0.1, 0.15) is 49.4 Å². The van der Waals surface area contributed by atoms with Gasteiger partial charge < -0.3 is 15.2 Å². The summed E-state index contributed by atoms with van der Waals surface area (Å²) in [6.45, 7) is 2.43. The monoisotopic (exact) mass is 295 g/mol. The lowest BCUT2D eigenvalue weighted by Gasteiger charge is -2.22. The highest BCUT2D eigenvalue weighted by atomic mass is 19.1. The van der Waals surface area contributed by atoms with Crippen LogP contribution in [0.3, 0.4) is 0 Å². The van der Waals surface area contributed by atoms with Crippen molar-refractivity contribution in [3.8, 4) is 5.75 Å². The van der Waals surface area contributed by atoms with Crippen LogP contribution in [0.25, 0.3) is 0 Å². The second kappa shape index (κ2) is 7.29. The van der Waals surface area contributed by atoms with Crippen LogP contribution in [0.4, 0.5) is 10.1 Å². The number of ether oxygens (including phenoxy) is 2. The number of esters is 1. The zero-order valence-electron chi connectivity index (χ0n) is 12.4. The first-order valence-electron chi connectivity index (χ1n) is 7.50. The number of carbonyl (C=O) groups is 1. The third-order valence-corrected chi connectivity index (χ3v) is 3.80. The molecule has 1 saturated carbocycles. The summed E-state index contributed by atoms with van der Waals surface area (Å²) in [5.41, 5.74) is 5.88. The van der Waals surface area contributed by atoms with E-state index in [1.54, 1.807) is 6.92 Å². The minimum atomic E-state index is -0.558. The Labute approximate surface area is 124 Å². The van der Waals surface area contributed by atoms with E-state index in [-0.39, 0.29) is 23.6 Å². The summed E-state index contributed by atoms with van der Waals surface area (Å²) in [5.74, 6) is -0.576. The summed E-state index contributed by atoms with van der Waals surface area (Å²) >= 11 is 0. The van der Waals surface area contributed by atoms with Gasteiger partial charge in [-0.2, -0.15) is 0 Å². The fraction of sp³-hybridized carbons (Fsp3) is 0.562. The predicted molar refractivity (Wildman–Crippen MR) is 78.8 cm³/mol. The lowest BCUT2D eigenvalue weighted by molar-refractivity contribution is 0.0527. The molecule has 1 fully saturated rings. The number of nitrogens with two attached hydrogens (primary N) is 1. The maximum atomic E-state index is 13.9. The molecule has 4 nitrogen and oxygen atoms in total. The number of hydrogen-bond acceptors (Lipinski definition) is 4. The van der Waals surface area contributed by atoms with Gasteiger partial charge in [0.2, 0.25) is 0 Å². The van der Waals surface area contributed by atoms with Gasteiger partial charge in [-0.25, -0.2) is 9.18 Å². The number of nitrogen functional groups attached to an aromatic ring is 1. The van der Waals surface area contributed by atoms with Crippen LogP contribution in [-0.4, -0.2) is 19.2 Å². The molecular weight excluding hydrogens is 273 g/mol. The van der Waals surface area contributed by atoms with Crippen molar-refractivity contribution in [2.24, 2.45) is 5.92 Å². The van der Waals surface area contributed by atoms with Crippen molar-refractivity contribution in [1.82, 2.24) is 0 Å². The molecule has 0 aliphatic heterocycles. The van der Waals surface area contributed by atoms with E-state index in [0.29, 0.717) is 12.5 Å². The summed E-state index contributed by atoms with van der Waals surface area (Å²) in [4.78, 5) is 11.8. The zero-order valence-corrected chi connectivity index (χ0v) is 12.4. The Hall–Kier alpha value is -1.78. The minimum Gasteiger partial charge on any atom is -0.490 e. The number of carbonyl (C=O) groups excluding carboxylic acids is 1. The largest absolute Gasteiger partial charge is 0.490 e. The van der Waals surface area contributed by atoms with E-state index < -0.39 is 11.8 Å². The van der Waals surface area contributed by atoms with Gasteiger partial charge in [-0.05, 0) is 31.7 Å². The molecule has 1 aromatic carbocycles. The van der Waals surface area contributed by atoms with Crippen molar-refractivity contribution in [3.05, 3.63) is 23.5 Å². The maximum absolute atomic E-state index is 13.9.